The zero-order chi connectivity index (χ0) is 18.1. The van der Waals surface area contributed by atoms with Crippen molar-refractivity contribution < 1.29 is 24.4 Å². The van der Waals surface area contributed by atoms with Gasteiger partial charge in [-0.2, -0.15) is 0 Å². The standard InChI is InChI=1S/C17H17BN2O5/c1-9-5-6-11(7-13(9)19)16(21)20-14-8-10-3-2-4-12(17(22)23)15(10)25-18(14)24/h2-7,14,24H,8,19H2,1H3,(H,20,21)(H,22,23)/t14-/m0/s1. The van der Waals surface area contributed by atoms with E-state index in [1.807, 2.05) is 6.92 Å². The zero-order valence-electron chi connectivity index (χ0n) is 13.5. The number of amides is 1. The summed E-state index contributed by atoms with van der Waals surface area (Å²) in [5, 5.41) is 22.1. The number of carboxylic acid groups (broad SMARTS) is 1. The van der Waals surface area contributed by atoms with Gasteiger partial charge in [-0.05, 0) is 42.7 Å². The Kier molecular flexibility index (Phi) is 4.37. The Morgan fingerprint density at radius 3 is 2.76 bits per heavy atom. The van der Waals surface area contributed by atoms with Crippen molar-refractivity contribution in [3.8, 4) is 5.75 Å². The molecule has 1 amide bonds. The molecule has 0 radical (unpaired) electrons. The number of carboxylic acids is 1. The number of nitrogen functional groups attached to an aromatic ring is 1. The number of aromatic carboxylic acids is 1. The molecule has 0 saturated carbocycles. The van der Waals surface area contributed by atoms with Crippen LogP contribution in [0.15, 0.2) is 36.4 Å². The van der Waals surface area contributed by atoms with E-state index in [0.29, 0.717) is 16.8 Å². The summed E-state index contributed by atoms with van der Waals surface area (Å²) in [7, 11) is -1.35. The molecule has 0 fully saturated rings. The van der Waals surface area contributed by atoms with Crippen LogP contribution in [0, 0.1) is 6.92 Å². The zero-order valence-corrected chi connectivity index (χ0v) is 13.5. The topological polar surface area (TPSA) is 122 Å². The highest BCUT2D eigenvalue weighted by Crippen LogP contribution is 2.30. The average molecular weight is 340 g/mol. The Morgan fingerprint density at radius 1 is 1.32 bits per heavy atom. The lowest BCUT2D eigenvalue weighted by molar-refractivity contribution is 0.0693. The number of carbonyl (C=O) groups is 2. The van der Waals surface area contributed by atoms with Gasteiger partial charge in [0.15, 0.2) is 0 Å². The van der Waals surface area contributed by atoms with Crippen LogP contribution in [0.5, 0.6) is 5.75 Å². The van der Waals surface area contributed by atoms with Crippen LogP contribution in [0.1, 0.15) is 31.8 Å². The van der Waals surface area contributed by atoms with Gasteiger partial charge in [0.05, 0.1) is 11.5 Å². The molecule has 0 aromatic heterocycles. The second-order valence-corrected chi connectivity index (χ2v) is 5.96. The van der Waals surface area contributed by atoms with Crippen molar-refractivity contribution in [2.24, 2.45) is 0 Å². The minimum Gasteiger partial charge on any atom is -0.534 e. The molecule has 0 spiro atoms. The predicted octanol–water partition coefficient (Wildman–Crippen LogP) is 1.03. The molecule has 1 aliphatic heterocycles. The quantitative estimate of drug-likeness (QED) is 0.489. The van der Waals surface area contributed by atoms with Crippen LogP contribution in [-0.2, 0) is 6.42 Å². The van der Waals surface area contributed by atoms with Gasteiger partial charge in [0.25, 0.3) is 5.91 Å². The first-order valence-corrected chi connectivity index (χ1v) is 7.73. The third kappa shape index (κ3) is 3.29. The lowest BCUT2D eigenvalue weighted by atomic mass is 9.72. The molecule has 8 heteroatoms. The number of nitrogens with one attached hydrogen (secondary N) is 1. The fraction of sp³-hybridized carbons (Fsp3) is 0.176. The van der Waals surface area contributed by atoms with Crippen LogP contribution < -0.4 is 15.7 Å². The minimum atomic E-state index is -1.35. The number of aryl methyl sites for hydroxylation is 1. The van der Waals surface area contributed by atoms with Gasteiger partial charge in [-0.25, -0.2) is 4.79 Å². The van der Waals surface area contributed by atoms with Crippen molar-refractivity contribution >= 4 is 24.7 Å². The summed E-state index contributed by atoms with van der Waals surface area (Å²) in [4.78, 5) is 23.6. The second-order valence-electron chi connectivity index (χ2n) is 5.96. The fourth-order valence-corrected chi connectivity index (χ4v) is 2.75. The van der Waals surface area contributed by atoms with Gasteiger partial charge in [-0.3, -0.25) is 4.79 Å². The van der Waals surface area contributed by atoms with Crippen LogP contribution in [0.25, 0.3) is 0 Å². The SMILES string of the molecule is Cc1ccc(C(=O)N[C@H]2Cc3cccc(C(=O)O)c3OB2O)cc1N. The summed E-state index contributed by atoms with van der Waals surface area (Å²) in [6.45, 7) is 1.84. The van der Waals surface area contributed by atoms with E-state index < -0.39 is 24.9 Å². The molecule has 0 saturated heterocycles. The lowest BCUT2D eigenvalue weighted by Crippen LogP contribution is -2.53. The van der Waals surface area contributed by atoms with Crippen LogP contribution in [-0.4, -0.2) is 35.1 Å². The van der Waals surface area contributed by atoms with E-state index >= 15 is 0 Å². The Bertz CT molecular complexity index is 855. The van der Waals surface area contributed by atoms with Crippen LogP contribution in [0.3, 0.4) is 0 Å². The van der Waals surface area contributed by atoms with E-state index in [9.17, 15) is 19.7 Å². The normalized spacial score (nSPS) is 15.9. The van der Waals surface area contributed by atoms with Gasteiger partial charge in [-0.1, -0.05) is 18.2 Å². The summed E-state index contributed by atoms with van der Waals surface area (Å²) in [6, 6.07) is 9.67. The van der Waals surface area contributed by atoms with Crippen molar-refractivity contribution in [2.45, 2.75) is 19.3 Å². The second kappa shape index (κ2) is 6.48. The number of hydrogen-bond donors (Lipinski definition) is 4. The Labute approximate surface area is 144 Å². The molecule has 3 rings (SSSR count). The molecule has 0 aliphatic carbocycles. The van der Waals surface area contributed by atoms with E-state index in [1.165, 1.54) is 6.07 Å². The molecule has 1 atom stereocenters. The van der Waals surface area contributed by atoms with Crippen LogP contribution in [0.4, 0.5) is 5.69 Å². The first kappa shape index (κ1) is 16.8. The maximum Gasteiger partial charge on any atom is 0.547 e. The molecule has 1 aliphatic rings. The lowest BCUT2D eigenvalue weighted by Gasteiger charge is -2.28. The molecule has 5 N–H and O–H groups in total. The fourth-order valence-electron chi connectivity index (χ4n) is 2.75. The molecule has 2 aromatic carbocycles. The largest absolute Gasteiger partial charge is 0.547 e. The Balaban J connectivity index is 1.80. The van der Waals surface area contributed by atoms with Crippen molar-refractivity contribution in [3.63, 3.8) is 0 Å². The third-order valence-corrected chi connectivity index (χ3v) is 4.21. The Hall–Kier alpha value is -3.00. The van der Waals surface area contributed by atoms with E-state index in [0.717, 1.165) is 5.56 Å². The number of hydrogen-bond acceptors (Lipinski definition) is 5. The molecule has 2 aromatic rings. The average Bonchev–Trinajstić information content (AvgIpc) is 2.57. The highest BCUT2D eigenvalue weighted by molar-refractivity contribution is 6.47. The van der Waals surface area contributed by atoms with Crippen molar-refractivity contribution in [2.75, 3.05) is 5.73 Å². The number of fused-ring (bicyclic) bond motifs is 1. The highest BCUT2D eigenvalue weighted by Gasteiger charge is 2.37. The third-order valence-electron chi connectivity index (χ3n) is 4.21. The first-order chi connectivity index (χ1) is 11.9. The molecule has 7 nitrogen and oxygen atoms in total. The van der Waals surface area contributed by atoms with Crippen molar-refractivity contribution in [3.05, 3.63) is 58.7 Å². The van der Waals surface area contributed by atoms with E-state index in [4.69, 9.17) is 10.4 Å². The molecular formula is C17H17BN2O5. The van der Waals surface area contributed by atoms with Crippen LogP contribution >= 0.6 is 0 Å². The van der Waals surface area contributed by atoms with Gasteiger partial charge in [0, 0.05) is 11.3 Å². The van der Waals surface area contributed by atoms with Gasteiger partial charge < -0.3 is 25.8 Å². The number of para-hydroxylation sites is 1. The smallest absolute Gasteiger partial charge is 0.534 e. The molecule has 25 heavy (non-hydrogen) atoms. The van der Waals surface area contributed by atoms with Crippen molar-refractivity contribution in [1.29, 1.82) is 0 Å². The Morgan fingerprint density at radius 2 is 2.08 bits per heavy atom. The summed E-state index contributed by atoms with van der Waals surface area (Å²) in [5.41, 5.74) is 8.15. The maximum atomic E-state index is 12.4. The maximum absolute atomic E-state index is 12.4. The summed E-state index contributed by atoms with van der Waals surface area (Å²) >= 11 is 0. The molecule has 1 heterocycles. The highest BCUT2D eigenvalue weighted by atomic mass is 16.5. The van der Waals surface area contributed by atoms with Crippen molar-refractivity contribution in [1.82, 2.24) is 5.32 Å². The van der Waals surface area contributed by atoms with Gasteiger partial charge in [-0.15, -0.1) is 0 Å². The molecular weight excluding hydrogens is 323 g/mol. The van der Waals surface area contributed by atoms with E-state index in [1.54, 1.807) is 30.3 Å². The number of benzene rings is 2. The van der Waals surface area contributed by atoms with E-state index in [-0.39, 0.29) is 17.7 Å². The molecule has 0 bridgehead atoms. The monoisotopic (exact) mass is 340 g/mol. The molecule has 0 unspecified atom stereocenters. The van der Waals surface area contributed by atoms with Gasteiger partial charge in [0.2, 0.25) is 0 Å². The summed E-state index contributed by atoms with van der Waals surface area (Å²) < 4.78 is 5.35. The number of nitrogens with two attached hydrogens (primary N) is 1. The van der Waals surface area contributed by atoms with E-state index in [2.05, 4.69) is 5.32 Å². The predicted molar refractivity (Wildman–Crippen MR) is 92.6 cm³/mol. The first-order valence-electron chi connectivity index (χ1n) is 7.73. The molecule has 128 valence electrons. The number of rotatable bonds is 3. The number of anilines is 1. The number of carbonyl (C=O) groups excluding carboxylic acids is 1. The minimum absolute atomic E-state index is 0.0207. The summed E-state index contributed by atoms with van der Waals surface area (Å²) in [5.74, 6) is -2.10. The van der Waals surface area contributed by atoms with Crippen LogP contribution in [0.2, 0.25) is 0 Å². The van der Waals surface area contributed by atoms with Gasteiger partial charge >= 0.3 is 13.1 Å². The summed E-state index contributed by atoms with van der Waals surface area (Å²) in [6.07, 6.45) is 0.255. The van der Waals surface area contributed by atoms with Gasteiger partial charge in [0.1, 0.15) is 5.75 Å².